The van der Waals surface area contributed by atoms with Gasteiger partial charge in [0.25, 0.3) is 32.1 Å². The average molecular weight is 972 g/mol. The van der Waals surface area contributed by atoms with Gasteiger partial charge >= 0.3 is 11.9 Å². The summed E-state index contributed by atoms with van der Waals surface area (Å²) in [7, 11) is -10.0. The molecular weight excluding hydrogens is 936 g/mol. The Kier molecular flexibility index (Phi) is 16.8. The normalized spacial score (nSPS) is 11.7. The smallest absolute Gasteiger partial charge is 0.304 e. The van der Waals surface area contributed by atoms with Gasteiger partial charge in [0.05, 0.1) is 24.0 Å². The Morgan fingerprint density at radius 3 is 1.34 bits per heavy atom. The molecule has 2 aromatic heterocycles. The molecule has 1 radical (unpaired) electrons. The molecule has 0 saturated heterocycles. The van der Waals surface area contributed by atoms with E-state index in [-0.39, 0.29) is 110 Å². The maximum atomic E-state index is 13.5. The molecule has 333 valence electrons. The summed E-state index contributed by atoms with van der Waals surface area (Å²) in [4.78, 5) is 55.9. The molecule has 18 nitrogen and oxygen atoms in total. The van der Waals surface area contributed by atoms with Crippen LogP contribution in [-0.4, -0.2) is 121 Å². The summed E-state index contributed by atoms with van der Waals surface area (Å²) < 4.78 is 70.7. The van der Waals surface area contributed by atoms with Gasteiger partial charge in [-0.05, 0) is 70.8 Å². The predicted octanol–water partition coefficient (Wildman–Crippen LogP) is 6.40. The van der Waals surface area contributed by atoms with Gasteiger partial charge in [-0.1, -0.05) is 36.4 Å². The van der Waals surface area contributed by atoms with Crippen LogP contribution in [0.15, 0.2) is 95.0 Å². The van der Waals surface area contributed by atoms with Gasteiger partial charge < -0.3 is 31.1 Å². The summed E-state index contributed by atoms with van der Waals surface area (Å²) in [6.07, 6.45) is 4.85. The van der Waals surface area contributed by atoms with Gasteiger partial charge in [-0.2, -0.15) is 40.4 Å². The van der Waals surface area contributed by atoms with Crippen LogP contribution in [0.4, 0.5) is 11.4 Å². The van der Waals surface area contributed by atoms with E-state index in [1.165, 1.54) is 72.3 Å². The minimum atomic E-state index is -5.01. The van der Waals surface area contributed by atoms with Gasteiger partial charge in [-0.3, -0.25) is 38.3 Å². The van der Waals surface area contributed by atoms with Gasteiger partial charge in [-0.25, -0.2) is 0 Å². The molecule has 0 atom stereocenters. The number of aromatic nitrogens is 2. The molecule has 0 spiro atoms. The number of phenols is 2. The quantitative estimate of drug-likeness (QED) is 0.0200. The predicted molar refractivity (Wildman–Crippen MR) is 247 cm³/mol. The zero-order valence-electron chi connectivity index (χ0n) is 34.0. The molecule has 0 unspecified atom stereocenters. The number of aromatic hydroxyl groups is 2. The van der Waals surface area contributed by atoms with E-state index in [0.717, 1.165) is 24.3 Å². The minimum absolute atomic E-state index is 0. The first-order chi connectivity index (χ1) is 30.3. The van der Waals surface area contributed by atoms with Crippen LogP contribution >= 0.6 is 23.5 Å². The number of anilines is 2. The van der Waals surface area contributed by atoms with E-state index >= 15 is 0 Å². The van der Waals surface area contributed by atoms with Crippen molar-refractivity contribution in [1.82, 2.24) is 9.97 Å². The molecule has 0 saturated carbocycles. The first-order valence-corrected chi connectivity index (χ1v) is 23.8. The Morgan fingerprint density at radius 2 is 0.985 bits per heavy atom. The maximum absolute atomic E-state index is 13.5. The van der Waals surface area contributed by atoms with Crippen molar-refractivity contribution in [1.29, 1.82) is 0 Å². The molecule has 8 N–H and O–H groups in total. The van der Waals surface area contributed by atoms with Crippen LogP contribution in [0, 0.1) is 0 Å². The fourth-order valence-corrected chi connectivity index (χ4v) is 9.66. The zero-order chi connectivity index (χ0) is 46.3. The number of rotatable bonds is 18. The molecule has 0 aliphatic heterocycles. The van der Waals surface area contributed by atoms with Crippen molar-refractivity contribution < 1.29 is 65.5 Å². The number of amides is 2. The molecule has 0 bridgehead atoms. The number of carboxylic acids is 2. The molecular formula is C42H36N4NaO14S4. The van der Waals surface area contributed by atoms with Gasteiger partial charge in [0.15, 0.2) is 11.5 Å². The number of benzene rings is 4. The van der Waals surface area contributed by atoms with E-state index in [9.17, 15) is 55.3 Å². The number of nitrogens with one attached hydrogen (secondary N) is 2. The number of phenolic OH excluding ortho intramolecular Hbond substituents is 2. The molecule has 2 amide bonds. The van der Waals surface area contributed by atoms with Crippen molar-refractivity contribution in [2.24, 2.45) is 0 Å². The SMILES string of the molecule is O=C(O)CCSCc1cc(C(=O)Nc2ccc(/C=C/c3ccc(NC(=O)c4cc(CSCCC(=O)O)c5cccnc5c4O)cc3S(=O)(=O)O)c(S(=O)(=O)O)c2)c(O)c2ncccc12.[Na]. The molecule has 23 heteroatoms. The number of carbonyl (C=O) groups excluding carboxylic acids is 2. The number of fused-ring (bicyclic) bond motifs is 2. The average Bonchev–Trinajstić information content (AvgIpc) is 3.24. The number of thioether (sulfide) groups is 2. The summed E-state index contributed by atoms with van der Waals surface area (Å²) in [5.41, 5.74) is 0.235. The van der Waals surface area contributed by atoms with E-state index in [2.05, 4.69) is 20.6 Å². The molecule has 2 heterocycles. The molecule has 0 fully saturated rings. The van der Waals surface area contributed by atoms with E-state index < -0.39 is 65.3 Å². The largest absolute Gasteiger partial charge is 0.505 e. The second-order valence-corrected chi connectivity index (χ2v) is 18.7. The van der Waals surface area contributed by atoms with E-state index in [0.29, 0.717) is 21.9 Å². The molecule has 0 aliphatic rings. The summed E-state index contributed by atoms with van der Waals surface area (Å²) in [5, 5.41) is 46.0. The monoisotopic (exact) mass is 971 g/mol. The van der Waals surface area contributed by atoms with Crippen molar-refractivity contribution in [3.8, 4) is 11.5 Å². The number of carboxylic acid groups (broad SMARTS) is 2. The zero-order valence-corrected chi connectivity index (χ0v) is 39.2. The van der Waals surface area contributed by atoms with E-state index in [1.54, 1.807) is 24.3 Å². The van der Waals surface area contributed by atoms with Crippen molar-refractivity contribution in [3.63, 3.8) is 0 Å². The topological polar surface area (TPSA) is 308 Å². The van der Waals surface area contributed by atoms with Gasteiger partial charge in [0, 0.05) is 87.1 Å². The second-order valence-electron chi connectivity index (χ2n) is 13.8. The Morgan fingerprint density at radius 1 is 0.600 bits per heavy atom. The summed E-state index contributed by atoms with van der Waals surface area (Å²) in [6, 6.07) is 16.2. The summed E-state index contributed by atoms with van der Waals surface area (Å²) in [6.45, 7) is 0. The van der Waals surface area contributed by atoms with Crippen LogP contribution in [0.5, 0.6) is 11.5 Å². The third-order valence-electron chi connectivity index (χ3n) is 9.37. The summed E-state index contributed by atoms with van der Waals surface area (Å²) >= 11 is 2.57. The minimum Gasteiger partial charge on any atom is -0.505 e. The third kappa shape index (κ3) is 12.6. The Bertz CT molecular complexity index is 2910. The molecule has 4 aromatic carbocycles. The van der Waals surface area contributed by atoms with Crippen molar-refractivity contribution >= 4 is 142 Å². The van der Waals surface area contributed by atoms with Crippen LogP contribution in [0.25, 0.3) is 34.0 Å². The van der Waals surface area contributed by atoms with Gasteiger partial charge in [0.2, 0.25) is 0 Å². The van der Waals surface area contributed by atoms with Crippen LogP contribution in [0.3, 0.4) is 0 Å². The van der Waals surface area contributed by atoms with Crippen LogP contribution in [-0.2, 0) is 41.3 Å². The number of nitrogens with zero attached hydrogens (tertiary/aromatic N) is 2. The number of hydrogen-bond donors (Lipinski definition) is 8. The van der Waals surface area contributed by atoms with Gasteiger partial charge in [-0.15, -0.1) is 0 Å². The number of hydrogen-bond acceptors (Lipinski definition) is 14. The first-order valence-electron chi connectivity index (χ1n) is 18.6. The fraction of sp³-hybridized carbons (Fsp3) is 0.143. The van der Waals surface area contributed by atoms with Crippen molar-refractivity contribution in [2.45, 2.75) is 34.1 Å². The Balaban J connectivity index is 0.00000793. The van der Waals surface area contributed by atoms with E-state index in [1.807, 2.05) is 0 Å². The molecule has 65 heavy (non-hydrogen) atoms. The fourth-order valence-electron chi connectivity index (χ4n) is 6.39. The molecule has 6 rings (SSSR count). The maximum Gasteiger partial charge on any atom is 0.304 e. The van der Waals surface area contributed by atoms with Crippen LogP contribution in [0.1, 0.15) is 55.8 Å². The van der Waals surface area contributed by atoms with E-state index in [4.69, 9.17) is 10.2 Å². The molecule has 0 aliphatic carbocycles. The Hall–Kier alpha value is -5.56. The van der Waals surface area contributed by atoms with Crippen molar-refractivity contribution in [2.75, 3.05) is 22.1 Å². The second kappa shape index (κ2) is 21.6. The third-order valence-corrected chi connectivity index (χ3v) is 13.2. The molecule has 6 aromatic rings. The summed E-state index contributed by atoms with van der Waals surface area (Å²) in [5.74, 6) is -3.56. The van der Waals surface area contributed by atoms with Crippen LogP contribution < -0.4 is 10.6 Å². The standard InChI is InChI=1S/C42H36N4O14S4.Na/c47-35(48)11-15-61-21-25-17-31(39(51)37-29(25)3-1-13-43-37)41(53)45-27-9-7-23(33(19-27)63(55,56)57)5-6-24-8-10-28(20-34(24)64(58,59)60)46-42(54)32-18-26(22-62-16-12-36(49)50)30-4-2-14-44-38(30)40(32)52;/h1-10,13-14,17-20,51-52H,11-12,15-16,21-22H2,(H,45,53)(H,46,54)(H,47,48)(H,49,50)(H,55,56,57)(H,58,59,60);/b6-5+;. The van der Waals surface area contributed by atoms with Crippen LogP contribution in [0.2, 0.25) is 0 Å². The number of pyridine rings is 2. The Labute approximate surface area is 401 Å². The first kappa shape index (κ1) is 50.4. The number of aliphatic carboxylic acids is 2. The van der Waals surface area contributed by atoms with Gasteiger partial charge in [0.1, 0.15) is 20.8 Å². The number of carbonyl (C=O) groups is 4. The van der Waals surface area contributed by atoms with Crippen molar-refractivity contribution in [3.05, 3.63) is 119 Å².